The van der Waals surface area contributed by atoms with Crippen LogP contribution >= 0.6 is 11.8 Å². The number of ether oxygens (including phenoxy) is 1. The largest absolute Gasteiger partial charge is 0.456 e. The van der Waals surface area contributed by atoms with E-state index in [1.165, 1.54) is 40.9 Å². The molecule has 0 radical (unpaired) electrons. The number of non-ortho nitro benzene ring substituents is 1. The Morgan fingerprint density at radius 2 is 1.74 bits per heavy atom. The van der Waals surface area contributed by atoms with E-state index < -0.39 is 22.3 Å². The summed E-state index contributed by atoms with van der Waals surface area (Å²) in [6.45, 7) is 3.00. The molecule has 2 saturated heterocycles. The van der Waals surface area contributed by atoms with Crippen LogP contribution in [0.4, 0.5) is 5.69 Å². The van der Waals surface area contributed by atoms with Gasteiger partial charge in [-0.15, -0.1) is 11.8 Å². The molecule has 0 aromatic heterocycles. The number of nitrogens with one attached hydrogen (secondary N) is 1. The number of nitro groups is 1. The van der Waals surface area contributed by atoms with Crippen molar-refractivity contribution in [3.63, 3.8) is 0 Å². The molecule has 5 rings (SSSR count). The first-order chi connectivity index (χ1) is 18.8. The maximum atomic E-state index is 13.5. The second kappa shape index (κ2) is 11.5. The van der Waals surface area contributed by atoms with Crippen LogP contribution in [0.3, 0.4) is 0 Å². The van der Waals surface area contributed by atoms with Crippen molar-refractivity contribution in [2.45, 2.75) is 24.4 Å². The summed E-state index contributed by atoms with van der Waals surface area (Å²) >= 11 is 1.52. The van der Waals surface area contributed by atoms with Gasteiger partial charge >= 0.3 is 5.97 Å². The van der Waals surface area contributed by atoms with Crippen LogP contribution in [0.1, 0.15) is 11.1 Å². The van der Waals surface area contributed by atoms with Crippen molar-refractivity contribution >= 4 is 35.2 Å². The number of amides is 2. The van der Waals surface area contributed by atoms with Crippen LogP contribution in [0, 0.1) is 10.1 Å². The molecule has 3 heterocycles. The molecule has 39 heavy (non-hydrogen) atoms. The Balaban J connectivity index is 1.32. The Morgan fingerprint density at radius 1 is 1.05 bits per heavy atom. The lowest BCUT2D eigenvalue weighted by Crippen LogP contribution is -2.71. The van der Waals surface area contributed by atoms with E-state index in [9.17, 15) is 24.5 Å². The summed E-state index contributed by atoms with van der Waals surface area (Å²) in [5, 5.41) is 13.4. The maximum Gasteiger partial charge on any atom is 0.357 e. The third-order valence-electron chi connectivity index (χ3n) is 7.07. The summed E-state index contributed by atoms with van der Waals surface area (Å²) in [6.07, 6.45) is 0.161. The zero-order valence-electron chi connectivity index (χ0n) is 21.4. The number of benzene rings is 2. The fraction of sp³-hybridized carbons (Fsp3) is 0.370. The van der Waals surface area contributed by atoms with Gasteiger partial charge in [-0.2, -0.15) is 0 Å². The lowest BCUT2D eigenvalue weighted by molar-refractivity contribution is -0.384. The van der Waals surface area contributed by atoms with Gasteiger partial charge in [0, 0.05) is 44.1 Å². The van der Waals surface area contributed by atoms with Gasteiger partial charge in [-0.3, -0.25) is 24.6 Å². The Labute approximate surface area is 229 Å². The van der Waals surface area contributed by atoms with Gasteiger partial charge < -0.3 is 19.9 Å². The number of rotatable bonds is 8. The number of esters is 1. The van der Waals surface area contributed by atoms with Crippen molar-refractivity contribution in [2.24, 2.45) is 0 Å². The number of nitro benzene ring substituents is 1. The highest BCUT2D eigenvalue weighted by atomic mass is 32.2. The molecule has 2 fully saturated rings. The first kappa shape index (κ1) is 26.7. The second-order valence-electron chi connectivity index (χ2n) is 9.70. The van der Waals surface area contributed by atoms with Crippen LogP contribution in [0.25, 0.3) is 0 Å². The molecular weight excluding hydrogens is 522 g/mol. The highest BCUT2D eigenvalue weighted by molar-refractivity contribution is 8.00. The first-order valence-corrected chi connectivity index (χ1v) is 13.7. The Bertz CT molecular complexity index is 1290. The summed E-state index contributed by atoms with van der Waals surface area (Å²) in [6, 6.07) is 14.4. The van der Waals surface area contributed by atoms with E-state index in [4.69, 9.17) is 4.74 Å². The van der Waals surface area contributed by atoms with Crippen molar-refractivity contribution in [1.29, 1.82) is 0 Å². The number of hydrogen-bond donors (Lipinski definition) is 1. The molecule has 12 heteroatoms. The van der Waals surface area contributed by atoms with E-state index in [2.05, 4.69) is 15.1 Å². The van der Waals surface area contributed by atoms with Crippen LogP contribution in [0.5, 0.6) is 0 Å². The minimum absolute atomic E-state index is 0.0520. The topological polar surface area (TPSA) is 125 Å². The smallest absolute Gasteiger partial charge is 0.357 e. The van der Waals surface area contributed by atoms with Crippen molar-refractivity contribution < 1.29 is 24.0 Å². The van der Waals surface area contributed by atoms with E-state index in [1.54, 1.807) is 0 Å². The lowest BCUT2D eigenvalue weighted by Gasteiger charge is -2.51. The molecule has 1 N–H and O–H groups in total. The molecular formula is C27H29N5O6S. The van der Waals surface area contributed by atoms with Crippen molar-refractivity contribution in [2.75, 3.05) is 39.0 Å². The second-order valence-corrected chi connectivity index (χ2v) is 10.8. The number of carbonyl (C=O) groups excluding carboxylic acids is 3. The van der Waals surface area contributed by atoms with E-state index in [0.29, 0.717) is 11.3 Å². The Hall–Kier alpha value is -3.90. The summed E-state index contributed by atoms with van der Waals surface area (Å²) in [5.74, 6) is -0.723. The summed E-state index contributed by atoms with van der Waals surface area (Å²) in [7, 11) is 2.04. The molecule has 1 unspecified atom stereocenters. The van der Waals surface area contributed by atoms with Gasteiger partial charge in [0.15, 0.2) is 5.70 Å². The van der Waals surface area contributed by atoms with Gasteiger partial charge in [0.2, 0.25) is 5.91 Å². The van der Waals surface area contributed by atoms with Crippen LogP contribution in [0.15, 0.2) is 66.0 Å². The number of carbonyl (C=O) groups is 3. The molecule has 204 valence electrons. The normalized spacial score (nSPS) is 21.2. The van der Waals surface area contributed by atoms with Crippen molar-refractivity contribution in [3.05, 3.63) is 87.2 Å². The first-order valence-electron chi connectivity index (χ1n) is 12.7. The number of hydrogen-bond acceptors (Lipinski definition) is 9. The van der Waals surface area contributed by atoms with Crippen LogP contribution in [-0.4, -0.2) is 87.8 Å². The molecule has 3 aliphatic heterocycles. The number of piperazine rings is 1. The minimum Gasteiger partial charge on any atom is -0.456 e. The quantitative estimate of drug-likeness (QED) is 0.226. The SMILES string of the molecule is CN1CCN(C2=C(C(=O)OCc3ccc([N+](=O)[O-])cc3)N3C(=O)C(NC(=O)Cc4ccccc4)[C@H]3SC2)CC1. The molecule has 2 aromatic carbocycles. The highest BCUT2D eigenvalue weighted by Gasteiger charge is 2.55. The molecule has 3 aliphatic rings. The molecule has 2 atom stereocenters. The number of thioether (sulfide) groups is 1. The Kier molecular flexibility index (Phi) is 7.84. The monoisotopic (exact) mass is 551 g/mol. The number of β-lactam (4-membered cyclic amide) rings is 1. The molecule has 0 bridgehead atoms. The number of fused-ring (bicyclic) bond motifs is 1. The highest BCUT2D eigenvalue weighted by Crippen LogP contribution is 2.41. The van der Waals surface area contributed by atoms with Gasteiger partial charge in [-0.1, -0.05) is 30.3 Å². The van der Waals surface area contributed by atoms with Crippen LogP contribution in [-0.2, 0) is 32.1 Å². The van der Waals surface area contributed by atoms with E-state index in [-0.39, 0.29) is 36.2 Å². The predicted molar refractivity (Wildman–Crippen MR) is 144 cm³/mol. The number of likely N-dealkylation sites (N-methyl/N-ethyl adjacent to an activating group) is 1. The predicted octanol–water partition coefficient (Wildman–Crippen LogP) is 1.74. The minimum atomic E-state index is -0.724. The van der Waals surface area contributed by atoms with Crippen LogP contribution in [0.2, 0.25) is 0 Å². The van der Waals surface area contributed by atoms with E-state index in [1.807, 2.05) is 37.4 Å². The third-order valence-corrected chi connectivity index (χ3v) is 8.33. The van der Waals surface area contributed by atoms with Gasteiger partial charge in [0.05, 0.1) is 17.0 Å². The summed E-state index contributed by atoms with van der Waals surface area (Å²) in [4.78, 5) is 55.7. The van der Waals surface area contributed by atoms with Gasteiger partial charge in [0.25, 0.3) is 11.6 Å². The average Bonchev–Trinajstić information content (AvgIpc) is 2.95. The Morgan fingerprint density at radius 3 is 2.41 bits per heavy atom. The van der Waals surface area contributed by atoms with Gasteiger partial charge in [-0.05, 0) is 30.3 Å². The fourth-order valence-corrected chi connectivity index (χ4v) is 6.23. The zero-order valence-corrected chi connectivity index (χ0v) is 22.3. The third kappa shape index (κ3) is 5.76. The number of nitrogens with zero attached hydrogens (tertiary/aromatic N) is 4. The van der Waals surface area contributed by atoms with Gasteiger partial charge in [-0.25, -0.2) is 4.79 Å². The zero-order chi connectivity index (χ0) is 27.5. The molecule has 0 saturated carbocycles. The lowest BCUT2D eigenvalue weighted by atomic mass is 10.0. The van der Waals surface area contributed by atoms with Crippen molar-refractivity contribution in [1.82, 2.24) is 20.0 Å². The van der Waals surface area contributed by atoms with Crippen molar-refractivity contribution in [3.8, 4) is 0 Å². The molecule has 11 nitrogen and oxygen atoms in total. The van der Waals surface area contributed by atoms with E-state index in [0.717, 1.165) is 37.4 Å². The standard InChI is InChI=1S/C27H29N5O6S/c1-29-11-13-30(14-12-29)21-17-39-26-23(28-22(33)15-18-5-3-2-4-6-18)25(34)31(26)24(21)27(35)38-16-19-7-9-20(10-8-19)32(36)37/h2-10,23,26H,11-17H2,1H3,(H,28,33)/t23?,26-/m1/s1. The van der Waals surface area contributed by atoms with E-state index >= 15 is 0 Å². The molecule has 2 aromatic rings. The van der Waals surface area contributed by atoms with Gasteiger partial charge in [0.1, 0.15) is 18.0 Å². The fourth-order valence-electron chi connectivity index (χ4n) is 4.85. The average molecular weight is 552 g/mol. The summed E-state index contributed by atoms with van der Waals surface area (Å²) in [5.41, 5.74) is 2.36. The maximum absolute atomic E-state index is 13.5. The molecule has 0 aliphatic carbocycles. The van der Waals surface area contributed by atoms with Crippen LogP contribution < -0.4 is 5.32 Å². The summed E-state index contributed by atoms with van der Waals surface area (Å²) < 4.78 is 5.61. The molecule has 0 spiro atoms. The molecule has 2 amide bonds.